The van der Waals surface area contributed by atoms with Crippen LogP contribution in [-0.2, 0) is 6.54 Å². The minimum atomic E-state index is -0.115. The Bertz CT molecular complexity index is 1020. The average Bonchev–Trinajstić information content (AvgIpc) is 2.71. The van der Waals surface area contributed by atoms with Crippen molar-refractivity contribution in [3.8, 4) is 22.6 Å². The van der Waals surface area contributed by atoms with Crippen LogP contribution in [0, 0.1) is 0 Å². The molecule has 0 bridgehead atoms. The summed E-state index contributed by atoms with van der Waals surface area (Å²) in [4.78, 5) is 14.6. The molecule has 2 N–H and O–H groups in total. The van der Waals surface area contributed by atoms with E-state index in [1.807, 2.05) is 24.3 Å². The van der Waals surface area contributed by atoms with Gasteiger partial charge in [-0.25, -0.2) is 0 Å². The minimum absolute atomic E-state index is 0.115. The Labute approximate surface area is 157 Å². The highest BCUT2D eigenvalue weighted by molar-refractivity contribution is 5.86. The Morgan fingerprint density at radius 3 is 2.63 bits per heavy atom. The molecule has 27 heavy (non-hydrogen) atoms. The average molecular weight is 366 g/mol. The van der Waals surface area contributed by atoms with Gasteiger partial charge in [-0.15, -0.1) is 0 Å². The fourth-order valence-electron chi connectivity index (χ4n) is 3.95. The Balaban J connectivity index is 1.82. The molecule has 140 valence electrons. The summed E-state index contributed by atoms with van der Waals surface area (Å²) in [5.74, 6) is 0.815. The van der Waals surface area contributed by atoms with Crippen molar-refractivity contribution in [3.05, 3.63) is 58.4 Å². The van der Waals surface area contributed by atoms with Gasteiger partial charge in [0.2, 0.25) is 5.43 Å². The van der Waals surface area contributed by atoms with Crippen LogP contribution >= 0.6 is 0 Å². The van der Waals surface area contributed by atoms with E-state index in [1.165, 1.54) is 30.4 Å². The zero-order valence-corrected chi connectivity index (χ0v) is 15.5. The molecule has 2 heterocycles. The molecule has 1 saturated heterocycles. The number of likely N-dealkylation sites (tertiary alicyclic amines) is 1. The number of benzene rings is 2. The van der Waals surface area contributed by atoms with Crippen molar-refractivity contribution in [1.29, 1.82) is 0 Å². The lowest BCUT2D eigenvalue weighted by molar-refractivity contribution is -0.918. The van der Waals surface area contributed by atoms with Crippen molar-refractivity contribution in [2.75, 3.05) is 20.2 Å². The maximum absolute atomic E-state index is 13.1. The molecule has 3 aromatic rings. The number of hydrogen-bond donors (Lipinski definition) is 2. The van der Waals surface area contributed by atoms with Gasteiger partial charge in [-0.1, -0.05) is 18.2 Å². The molecular weight excluding hydrogens is 342 g/mol. The van der Waals surface area contributed by atoms with Crippen molar-refractivity contribution in [2.24, 2.45) is 0 Å². The third-order valence-corrected chi connectivity index (χ3v) is 5.40. The molecule has 0 saturated carbocycles. The summed E-state index contributed by atoms with van der Waals surface area (Å²) >= 11 is 0. The Morgan fingerprint density at radius 2 is 1.85 bits per heavy atom. The molecule has 0 spiro atoms. The maximum atomic E-state index is 13.1. The van der Waals surface area contributed by atoms with E-state index in [1.54, 1.807) is 19.2 Å². The fourth-order valence-corrected chi connectivity index (χ4v) is 3.95. The van der Waals surface area contributed by atoms with Crippen molar-refractivity contribution < 1.29 is 19.2 Å². The van der Waals surface area contributed by atoms with Gasteiger partial charge < -0.3 is 19.2 Å². The summed E-state index contributed by atoms with van der Waals surface area (Å²) < 4.78 is 11.3. The number of quaternary nitrogens is 1. The van der Waals surface area contributed by atoms with Gasteiger partial charge in [0.15, 0.2) is 0 Å². The highest BCUT2D eigenvalue weighted by Crippen LogP contribution is 2.31. The topological polar surface area (TPSA) is 64.1 Å². The third kappa shape index (κ3) is 3.30. The lowest BCUT2D eigenvalue weighted by Crippen LogP contribution is -3.11. The largest absolute Gasteiger partial charge is 0.507 e. The van der Waals surface area contributed by atoms with Crippen molar-refractivity contribution >= 4 is 11.0 Å². The van der Waals surface area contributed by atoms with Crippen LogP contribution in [-0.4, -0.2) is 25.3 Å². The first-order valence-corrected chi connectivity index (χ1v) is 9.42. The van der Waals surface area contributed by atoms with Crippen LogP contribution in [0.3, 0.4) is 0 Å². The Morgan fingerprint density at radius 1 is 1.07 bits per heavy atom. The van der Waals surface area contributed by atoms with Gasteiger partial charge in [0, 0.05) is 5.56 Å². The number of para-hydroxylation sites is 1. The second kappa shape index (κ2) is 7.45. The number of phenols is 1. The molecular formula is C22H24NO4+. The van der Waals surface area contributed by atoms with Gasteiger partial charge >= 0.3 is 0 Å². The number of hydrogen-bond acceptors (Lipinski definition) is 4. The molecule has 0 amide bonds. The maximum Gasteiger partial charge on any atom is 0.200 e. The Hall–Kier alpha value is -2.79. The van der Waals surface area contributed by atoms with E-state index >= 15 is 0 Å². The van der Waals surface area contributed by atoms with Crippen molar-refractivity contribution in [3.63, 3.8) is 0 Å². The summed E-state index contributed by atoms with van der Waals surface area (Å²) in [7, 11) is 1.58. The van der Waals surface area contributed by atoms with E-state index in [2.05, 4.69) is 0 Å². The molecule has 1 fully saturated rings. The highest BCUT2D eigenvalue weighted by atomic mass is 16.5. The molecule has 0 radical (unpaired) electrons. The van der Waals surface area contributed by atoms with E-state index in [4.69, 9.17) is 9.15 Å². The van der Waals surface area contributed by atoms with Crippen LogP contribution in [0.25, 0.3) is 22.1 Å². The van der Waals surface area contributed by atoms with Gasteiger partial charge in [-0.05, 0) is 37.5 Å². The lowest BCUT2D eigenvalue weighted by Gasteiger charge is -2.24. The summed E-state index contributed by atoms with van der Waals surface area (Å²) in [6.45, 7) is 2.83. The quantitative estimate of drug-likeness (QED) is 0.745. The smallest absolute Gasteiger partial charge is 0.200 e. The van der Waals surface area contributed by atoms with Crippen molar-refractivity contribution in [1.82, 2.24) is 0 Å². The molecule has 1 aliphatic heterocycles. The van der Waals surface area contributed by atoms with Crippen LogP contribution in [0.5, 0.6) is 11.5 Å². The van der Waals surface area contributed by atoms with E-state index in [-0.39, 0.29) is 11.2 Å². The van der Waals surface area contributed by atoms with Crippen LogP contribution < -0.4 is 15.1 Å². The number of fused-ring (bicyclic) bond motifs is 1. The van der Waals surface area contributed by atoms with E-state index in [0.29, 0.717) is 40.0 Å². The van der Waals surface area contributed by atoms with Gasteiger partial charge in [0.05, 0.1) is 36.7 Å². The summed E-state index contributed by atoms with van der Waals surface area (Å²) in [6, 6.07) is 10.6. The highest BCUT2D eigenvalue weighted by Gasteiger charge is 2.21. The lowest BCUT2D eigenvalue weighted by atomic mass is 10.0. The van der Waals surface area contributed by atoms with Crippen LogP contribution in [0.2, 0.25) is 0 Å². The Kier molecular flexibility index (Phi) is 4.86. The standard InChI is InChI=1S/C22H23NO4/c1-26-20-8-4-3-7-15(20)18-14-27-22-16(21(18)25)9-10-19(24)17(22)13-23-11-5-2-6-12-23/h3-4,7-10,14,24H,2,5-6,11-13H2,1H3/p+1. The number of phenolic OH excluding ortho intramolecular Hbond substituents is 1. The third-order valence-electron chi connectivity index (χ3n) is 5.40. The van der Waals surface area contributed by atoms with Crippen molar-refractivity contribution in [2.45, 2.75) is 25.8 Å². The molecule has 1 aliphatic rings. The number of rotatable bonds is 4. The molecule has 2 aromatic carbocycles. The van der Waals surface area contributed by atoms with Gasteiger partial charge in [0.1, 0.15) is 29.9 Å². The van der Waals surface area contributed by atoms with Crippen LogP contribution in [0.15, 0.2) is 51.9 Å². The summed E-state index contributed by atoms with van der Waals surface area (Å²) in [5.41, 5.74) is 2.24. The molecule has 0 atom stereocenters. The number of nitrogens with one attached hydrogen (secondary N) is 1. The van der Waals surface area contributed by atoms with E-state index in [0.717, 1.165) is 13.1 Å². The second-order valence-electron chi connectivity index (χ2n) is 7.11. The summed E-state index contributed by atoms with van der Waals surface area (Å²) in [6.07, 6.45) is 5.14. The monoisotopic (exact) mass is 366 g/mol. The van der Waals surface area contributed by atoms with Gasteiger partial charge in [0.25, 0.3) is 0 Å². The fraction of sp³-hybridized carbons (Fsp3) is 0.318. The van der Waals surface area contributed by atoms with Crippen LogP contribution in [0.1, 0.15) is 24.8 Å². The number of aromatic hydroxyl groups is 1. The normalized spacial score (nSPS) is 15.1. The SMILES string of the molecule is COc1ccccc1-c1coc2c(C[NH+]3CCCCC3)c(O)ccc2c1=O. The van der Waals surface area contributed by atoms with Crippen LogP contribution in [0.4, 0.5) is 0 Å². The zero-order valence-electron chi connectivity index (χ0n) is 15.5. The minimum Gasteiger partial charge on any atom is -0.507 e. The predicted molar refractivity (Wildman–Crippen MR) is 104 cm³/mol. The van der Waals surface area contributed by atoms with E-state index < -0.39 is 0 Å². The number of ether oxygens (including phenoxy) is 1. The predicted octanol–water partition coefficient (Wildman–Crippen LogP) is 2.74. The molecule has 1 aromatic heterocycles. The number of methoxy groups -OCH3 is 1. The van der Waals surface area contributed by atoms with Gasteiger partial charge in [-0.2, -0.15) is 0 Å². The first-order valence-electron chi connectivity index (χ1n) is 9.42. The molecule has 5 nitrogen and oxygen atoms in total. The second-order valence-corrected chi connectivity index (χ2v) is 7.11. The molecule has 4 rings (SSSR count). The summed E-state index contributed by atoms with van der Waals surface area (Å²) in [5, 5.41) is 10.9. The molecule has 5 heteroatoms. The van der Waals surface area contributed by atoms with Gasteiger partial charge in [-0.3, -0.25) is 4.79 Å². The molecule has 0 unspecified atom stereocenters. The molecule has 0 aliphatic carbocycles. The first-order chi connectivity index (χ1) is 13.2. The van der Waals surface area contributed by atoms with E-state index in [9.17, 15) is 9.90 Å². The zero-order chi connectivity index (χ0) is 18.8. The first kappa shape index (κ1) is 17.6. The number of piperidine rings is 1.